The molecule has 24 heavy (non-hydrogen) atoms. The molecule has 6 heteroatoms. The van der Waals surface area contributed by atoms with Crippen LogP contribution in [0.3, 0.4) is 0 Å². The summed E-state index contributed by atoms with van der Waals surface area (Å²) in [5.41, 5.74) is 0.861. The quantitative estimate of drug-likeness (QED) is 0.768. The summed E-state index contributed by atoms with van der Waals surface area (Å²) < 4.78 is 0. The van der Waals surface area contributed by atoms with Gasteiger partial charge >= 0.3 is 0 Å². The summed E-state index contributed by atoms with van der Waals surface area (Å²) >= 11 is 7.60. The molecule has 1 saturated heterocycles. The van der Waals surface area contributed by atoms with Crippen molar-refractivity contribution in [1.29, 1.82) is 0 Å². The van der Waals surface area contributed by atoms with E-state index in [2.05, 4.69) is 4.90 Å². The molecule has 126 valence electrons. The number of amides is 1. The lowest BCUT2D eigenvalue weighted by Gasteiger charge is -2.34. The van der Waals surface area contributed by atoms with Crippen molar-refractivity contribution in [2.75, 3.05) is 32.7 Å². The molecule has 3 rings (SSSR count). The van der Waals surface area contributed by atoms with Gasteiger partial charge in [-0.2, -0.15) is 0 Å². The Morgan fingerprint density at radius 1 is 1.04 bits per heavy atom. The van der Waals surface area contributed by atoms with E-state index in [0.717, 1.165) is 23.5 Å². The van der Waals surface area contributed by atoms with Gasteiger partial charge in [-0.3, -0.25) is 14.5 Å². The number of benzene rings is 1. The van der Waals surface area contributed by atoms with Gasteiger partial charge in [-0.25, -0.2) is 0 Å². The highest BCUT2D eigenvalue weighted by Gasteiger charge is 2.23. The third kappa shape index (κ3) is 4.23. The van der Waals surface area contributed by atoms with Crippen LogP contribution in [0.15, 0.2) is 41.8 Å². The van der Waals surface area contributed by atoms with Crippen LogP contribution in [0.4, 0.5) is 0 Å². The fourth-order valence-electron chi connectivity index (χ4n) is 2.79. The second-order valence-electron chi connectivity index (χ2n) is 5.83. The summed E-state index contributed by atoms with van der Waals surface area (Å²) in [5, 5.41) is 2.55. The minimum Gasteiger partial charge on any atom is -0.340 e. The summed E-state index contributed by atoms with van der Waals surface area (Å²) in [4.78, 5) is 29.3. The standard InChI is InChI=1S/C18H19ClN2O2S/c19-15-5-2-1-4-14(15)12-18(23)21-9-7-20(8-10-21)13-16(22)17-6-3-11-24-17/h1-6,11H,7-10,12-13H2. The lowest BCUT2D eigenvalue weighted by atomic mass is 10.1. The van der Waals surface area contributed by atoms with E-state index in [1.807, 2.05) is 40.6 Å². The van der Waals surface area contributed by atoms with Gasteiger partial charge < -0.3 is 4.90 Å². The predicted molar refractivity (Wildman–Crippen MR) is 96.8 cm³/mol. The lowest BCUT2D eigenvalue weighted by molar-refractivity contribution is -0.132. The number of halogens is 1. The first-order valence-corrected chi connectivity index (χ1v) is 9.19. The number of rotatable bonds is 5. The molecule has 1 fully saturated rings. The van der Waals surface area contributed by atoms with Crippen LogP contribution >= 0.6 is 22.9 Å². The Hall–Kier alpha value is -1.69. The first kappa shape index (κ1) is 17.1. The third-order valence-corrected chi connectivity index (χ3v) is 5.47. The Kier molecular flexibility index (Phi) is 5.66. The van der Waals surface area contributed by atoms with Crippen LogP contribution in [0, 0.1) is 0 Å². The Bertz CT molecular complexity index is 710. The normalized spacial score (nSPS) is 15.5. The summed E-state index contributed by atoms with van der Waals surface area (Å²) in [6.45, 7) is 3.19. The van der Waals surface area contributed by atoms with E-state index in [4.69, 9.17) is 11.6 Å². The highest BCUT2D eigenvalue weighted by molar-refractivity contribution is 7.12. The molecule has 0 N–H and O–H groups in total. The summed E-state index contributed by atoms with van der Waals surface area (Å²) in [6.07, 6.45) is 0.327. The largest absolute Gasteiger partial charge is 0.340 e. The summed E-state index contributed by atoms with van der Waals surface area (Å²) in [6, 6.07) is 11.2. The van der Waals surface area contributed by atoms with E-state index in [9.17, 15) is 9.59 Å². The number of carbonyl (C=O) groups excluding carboxylic acids is 2. The number of thiophene rings is 1. The molecule has 0 spiro atoms. The molecule has 1 amide bonds. The van der Waals surface area contributed by atoms with E-state index in [1.54, 1.807) is 6.07 Å². The average molecular weight is 363 g/mol. The van der Waals surface area contributed by atoms with Crippen LogP contribution in [0.25, 0.3) is 0 Å². The molecule has 0 radical (unpaired) electrons. The molecule has 1 aromatic heterocycles. The molecular formula is C18H19ClN2O2S. The first-order valence-electron chi connectivity index (χ1n) is 7.94. The topological polar surface area (TPSA) is 40.6 Å². The zero-order chi connectivity index (χ0) is 16.9. The van der Waals surface area contributed by atoms with Crippen molar-refractivity contribution >= 4 is 34.6 Å². The van der Waals surface area contributed by atoms with Crippen LogP contribution in [0.5, 0.6) is 0 Å². The molecule has 0 saturated carbocycles. The minimum absolute atomic E-state index is 0.0901. The Labute approximate surface area is 150 Å². The highest BCUT2D eigenvalue weighted by Crippen LogP contribution is 2.17. The third-order valence-electron chi connectivity index (χ3n) is 4.19. The van der Waals surface area contributed by atoms with E-state index < -0.39 is 0 Å². The van der Waals surface area contributed by atoms with Gasteiger partial charge in [0.25, 0.3) is 0 Å². The van der Waals surface area contributed by atoms with E-state index in [1.165, 1.54) is 11.3 Å². The van der Waals surface area contributed by atoms with Crippen molar-refractivity contribution in [2.45, 2.75) is 6.42 Å². The molecule has 1 aromatic carbocycles. The van der Waals surface area contributed by atoms with E-state index in [-0.39, 0.29) is 11.7 Å². The average Bonchev–Trinajstić information content (AvgIpc) is 3.12. The number of Topliss-reactive ketones (excluding diaryl/α,β-unsaturated/α-hetero) is 1. The van der Waals surface area contributed by atoms with Gasteiger partial charge in [0, 0.05) is 31.2 Å². The number of nitrogens with zero attached hydrogens (tertiary/aromatic N) is 2. The second-order valence-corrected chi connectivity index (χ2v) is 7.18. The molecule has 4 nitrogen and oxygen atoms in total. The number of piperazine rings is 1. The first-order chi connectivity index (χ1) is 11.6. The summed E-state index contributed by atoms with van der Waals surface area (Å²) in [7, 11) is 0. The maximum absolute atomic E-state index is 12.4. The second kappa shape index (κ2) is 7.92. The molecule has 2 aromatic rings. The van der Waals surface area contributed by atoms with Crippen molar-refractivity contribution in [2.24, 2.45) is 0 Å². The maximum Gasteiger partial charge on any atom is 0.227 e. The van der Waals surface area contributed by atoms with Gasteiger partial charge in [-0.1, -0.05) is 35.9 Å². The number of hydrogen-bond donors (Lipinski definition) is 0. The minimum atomic E-state index is 0.0901. The lowest BCUT2D eigenvalue weighted by Crippen LogP contribution is -2.50. The number of carbonyl (C=O) groups is 2. The number of hydrogen-bond acceptors (Lipinski definition) is 4. The molecule has 0 aliphatic carbocycles. The van der Waals surface area contributed by atoms with Gasteiger partial charge in [0.2, 0.25) is 5.91 Å². The zero-order valence-electron chi connectivity index (χ0n) is 13.3. The molecule has 2 heterocycles. The predicted octanol–water partition coefficient (Wildman–Crippen LogP) is 2.97. The van der Waals surface area contributed by atoms with Gasteiger partial charge in [-0.15, -0.1) is 11.3 Å². The molecule has 0 atom stereocenters. The van der Waals surface area contributed by atoms with Gasteiger partial charge in [0.05, 0.1) is 17.8 Å². The number of ketones is 1. The Balaban J connectivity index is 1.49. The molecular weight excluding hydrogens is 344 g/mol. The SMILES string of the molecule is O=C(CN1CCN(C(=O)Cc2ccccc2Cl)CC1)c1cccs1. The maximum atomic E-state index is 12.4. The smallest absolute Gasteiger partial charge is 0.227 e. The van der Waals surface area contributed by atoms with Gasteiger partial charge in [0.15, 0.2) is 5.78 Å². The Morgan fingerprint density at radius 3 is 2.46 bits per heavy atom. The van der Waals surface area contributed by atoms with Crippen LogP contribution in [0.1, 0.15) is 15.2 Å². The van der Waals surface area contributed by atoms with Crippen LogP contribution in [-0.2, 0) is 11.2 Å². The molecule has 0 bridgehead atoms. The summed E-state index contributed by atoms with van der Waals surface area (Å²) in [5.74, 6) is 0.244. The zero-order valence-corrected chi connectivity index (χ0v) is 14.9. The van der Waals surface area contributed by atoms with Gasteiger partial charge in [-0.05, 0) is 23.1 Å². The van der Waals surface area contributed by atoms with Crippen LogP contribution in [-0.4, -0.2) is 54.2 Å². The van der Waals surface area contributed by atoms with Gasteiger partial charge in [0.1, 0.15) is 0 Å². The van der Waals surface area contributed by atoms with Crippen molar-refractivity contribution in [3.63, 3.8) is 0 Å². The Morgan fingerprint density at radius 2 is 1.79 bits per heavy atom. The van der Waals surface area contributed by atoms with Crippen LogP contribution < -0.4 is 0 Å². The van der Waals surface area contributed by atoms with Crippen molar-refractivity contribution in [3.8, 4) is 0 Å². The molecule has 1 aliphatic heterocycles. The van der Waals surface area contributed by atoms with Crippen molar-refractivity contribution < 1.29 is 9.59 Å². The van der Waals surface area contributed by atoms with Crippen molar-refractivity contribution in [1.82, 2.24) is 9.80 Å². The fraction of sp³-hybridized carbons (Fsp3) is 0.333. The fourth-order valence-corrected chi connectivity index (χ4v) is 3.65. The monoisotopic (exact) mass is 362 g/mol. The highest BCUT2D eigenvalue weighted by atomic mass is 35.5. The molecule has 1 aliphatic rings. The van der Waals surface area contributed by atoms with E-state index >= 15 is 0 Å². The molecule has 0 unspecified atom stereocenters. The van der Waals surface area contributed by atoms with Crippen LogP contribution in [0.2, 0.25) is 5.02 Å². The van der Waals surface area contributed by atoms with E-state index in [0.29, 0.717) is 31.1 Å². The van der Waals surface area contributed by atoms with Crippen molar-refractivity contribution in [3.05, 3.63) is 57.2 Å².